The van der Waals surface area contributed by atoms with Crippen LogP contribution in [0.1, 0.15) is 16.1 Å². The topological polar surface area (TPSA) is 70.7 Å². The summed E-state index contributed by atoms with van der Waals surface area (Å²) in [4.78, 5) is 21.6. The molecule has 0 saturated carbocycles. The third-order valence-corrected chi connectivity index (χ3v) is 1.98. The Hall–Kier alpha value is -2.24. The zero-order valence-electron chi connectivity index (χ0n) is 8.27. The Bertz CT molecular complexity index is 483. The molecule has 0 aliphatic heterocycles. The number of rotatable bonds is 3. The number of carbonyl (C=O) groups excluding carboxylic acids is 1. The van der Waals surface area contributed by atoms with Crippen LogP contribution in [0.3, 0.4) is 0 Å². The summed E-state index contributed by atoms with van der Waals surface area (Å²) in [5, 5.41) is 2.62. The van der Waals surface area contributed by atoms with Gasteiger partial charge in [-0.3, -0.25) is 4.79 Å². The Labute approximate surface area is 90.7 Å². The Balaban J connectivity index is 1.98. The van der Waals surface area contributed by atoms with Crippen molar-refractivity contribution < 1.29 is 9.18 Å². The van der Waals surface area contributed by atoms with Crippen LogP contribution in [0, 0.1) is 5.95 Å². The van der Waals surface area contributed by atoms with E-state index in [0.29, 0.717) is 6.54 Å². The van der Waals surface area contributed by atoms with E-state index in [0.717, 1.165) is 11.8 Å². The molecule has 82 valence electrons. The van der Waals surface area contributed by atoms with Crippen molar-refractivity contribution in [2.75, 3.05) is 0 Å². The minimum atomic E-state index is -0.672. The predicted octanol–water partition coefficient (Wildman–Crippen LogP) is 0.874. The van der Waals surface area contributed by atoms with Crippen LogP contribution in [0.15, 0.2) is 30.9 Å². The number of H-pyrrole nitrogens is 1. The molecule has 0 radical (unpaired) electrons. The molecule has 0 aliphatic carbocycles. The molecule has 2 rings (SSSR count). The van der Waals surface area contributed by atoms with Crippen molar-refractivity contribution in [1.29, 1.82) is 0 Å². The number of pyridine rings is 1. The van der Waals surface area contributed by atoms with Crippen molar-refractivity contribution in [3.63, 3.8) is 0 Å². The summed E-state index contributed by atoms with van der Waals surface area (Å²) in [6.45, 7) is 0.322. The molecule has 1 amide bonds. The molecule has 6 heteroatoms. The van der Waals surface area contributed by atoms with Gasteiger partial charge in [-0.15, -0.1) is 0 Å². The molecule has 0 spiro atoms. The van der Waals surface area contributed by atoms with Crippen LogP contribution < -0.4 is 5.32 Å². The number of nitrogens with zero attached hydrogens (tertiary/aromatic N) is 2. The van der Waals surface area contributed by atoms with Crippen LogP contribution in [0.25, 0.3) is 0 Å². The minimum Gasteiger partial charge on any atom is -0.347 e. The fourth-order valence-electron chi connectivity index (χ4n) is 1.20. The van der Waals surface area contributed by atoms with E-state index >= 15 is 0 Å². The number of aromatic nitrogens is 3. The summed E-state index contributed by atoms with van der Waals surface area (Å²) in [5.74, 6) is -1.02. The van der Waals surface area contributed by atoms with E-state index in [9.17, 15) is 9.18 Å². The molecule has 0 fully saturated rings. The molecular formula is C10H9FN4O. The molecule has 2 aromatic heterocycles. The maximum absolute atomic E-state index is 12.7. The van der Waals surface area contributed by atoms with E-state index in [1.807, 2.05) is 0 Å². The summed E-state index contributed by atoms with van der Waals surface area (Å²) in [5.41, 5.74) is 1.02. The lowest BCUT2D eigenvalue weighted by Gasteiger charge is -2.02. The van der Waals surface area contributed by atoms with E-state index in [4.69, 9.17) is 0 Å². The van der Waals surface area contributed by atoms with Gasteiger partial charge in [0.05, 0.1) is 18.6 Å². The Morgan fingerprint density at radius 3 is 3.12 bits per heavy atom. The molecule has 0 aliphatic rings. The quantitative estimate of drug-likeness (QED) is 0.754. The first-order chi connectivity index (χ1) is 7.75. The lowest BCUT2D eigenvalue weighted by Crippen LogP contribution is -2.23. The van der Waals surface area contributed by atoms with Gasteiger partial charge in [0.2, 0.25) is 5.95 Å². The van der Waals surface area contributed by atoms with E-state index in [1.54, 1.807) is 6.20 Å². The Kier molecular flexibility index (Phi) is 2.90. The molecule has 0 bridgehead atoms. The third kappa shape index (κ3) is 2.41. The highest BCUT2D eigenvalue weighted by Gasteiger charge is 2.06. The summed E-state index contributed by atoms with van der Waals surface area (Å²) in [6.07, 6.45) is 4.38. The number of imidazole rings is 1. The van der Waals surface area contributed by atoms with Crippen LogP contribution >= 0.6 is 0 Å². The summed E-state index contributed by atoms with van der Waals surface area (Å²) < 4.78 is 12.7. The van der Waals surface area contributed by atoms with E-state index in [2.05, 4.69) is 20.3 Å². The maximum Gasteiger partial charge on any atom is 0.251 e. The first-order valence-electron chi connectivity index (χ1n) is 4.63. The molecule has 2 aromatic rings. The van der Waals surface area contributed by atoms with Gasteiger partial charge in [-0.2, -0.15) is 4.39 Å². The van der Waals surface area contributed by atoms with Gasteiger partial charge >= 0.3 is 0 Å². The fraction of sp³-hybridized carbons (Fsp3) is 0.100. The van der Waals surface area contributed by atoms with Gasteiger partial charge in [-0.25, -0.2) is 9.97 Å². The third-order valence-electron chi connectivity index (χ3n) is 1.98. The lowest BCUT2D eigenvalue weighted by molar-refractivity contribution is 0.0950. The number of hydrogen-bond acceptors (Lipinski definition) is 3. The van der Waals surface area contributed by atoms with Gasteiger partial charge in [0, 0.05) is 24.0 Å². The van der Waals surface area contributed by atoms with Gasteiger partial charge in [0.1, 0.15) is 0 Å². The number of carbonyl (C=O) groups is 1. The zero-order valence-corrected chi connectivity index (χ0v) is 8.27. The van der Waals surface area contributed by atoms with Crippen LogP contribution in [-0.2, 0) is 6.54 Å². The van der Waals surface area contributed by atoms with Gasteiger partial charge in [-0.1, -0.05) is 0 Å². The number of hydrogen-bond donors (Lipinski definition) is 2. The summed E-state index contributed by atoms with van der Waals surface area (Å²) in [6, 6.07) is 2.54. The number of amides is 1. The van der Waals surface area contributed by atoms with Crippen molar-refractivity contribution in [2.45, 2.75) is 6.54 Å². The smallest absolute Gasteiger partial charge is 0.251 e. The first-order valence-corrected chi connectivity index (χ1v) is 4.63. The second kappa shape index (κ2) is 4.52. The molecule has 2 heterocycles. The van der Waals surface area contributed by atoms with Crippen molar-refractivity contribution >= 4 is 5.91 Å². The molecule has 5 nitrogen and oxygen atoms in total. The van der Waals surface area contributed by atoms with Crippen LogP contribution in [0.5, 0.6) is 0 Å². The van der Waals surface area contributed by atoms with Gasteiger partial charge in [0.15, 0.2) is 0 Å². The largest absolute Gasteiger partial charge is 0.347 e. The van der Waals surface area contributed by atoms with Crippen molar-refractivity contribution in [2.24, 2.45) is 0 Å². The van der Waals surface area contributed by atoms with Gasteiger partial charge in [-0.05, 0) is 6.07 Å². The van der Waals surface area contributed by atoms with Crippen molar-refractivity contribution in [3.05, 3.63) is 48.1 Å². The second-order valence-electron chi connectivity index (χ2n) is 3.13. The molecule has 0 atom stereocenters. The predicted molar refractivity (Wildman–Crippen MR) is 54.0 cm³/mol. The highest BCUT2D eigenvalue weighted by Crippen LogP contribution is 2.00. The van der Waals surface area contributed by atoms with Crippen molar-refractivity contribution in [1.82, 2.24) is 20.3 Å². The lowest BCUT2D eigenvalue weighted by atomic mass is 10.2. The summed E-state index contributed by atoms with van der Waals surface area (Å²) in [7, 11) is 0. The number of aromatic amines is 1. The number of nitrogens with one attached hydrogen (secondary N) is 2. The monoisotopic (exact) mass is 220 g/mol. The molecular weight excluding hydrogens is 211 g/mol. The standard InChI is InChI=1S/C10H9FN4O/c11-9-3-7(1-2-13-9)10(16)14-5-8-4-12-6-15-8/h1-4,6H,5H2,(H,12,15)(H,14,16). The van der Waals surface area contributed by atoms with Gasteiger partial charge < -0.3 is 10.3 Å². The molecule has 0 saturated heterocycles. The van der Waals surface area contributed by atoms with E-state index in [1.165, 1.54) is 18.6 Å². The SMILES string of the molecule is O=C(NCc1cnc[nH]1)c1ccnc(F)c1. The zero-order chi connectivity index (χ0) is 11.4. The molecule has 2 N–H and O–H groups in total. The molecule has 16 heavy (non-hydrogen) atoms. The number of halogens is 1. The summed E-state index contributed by atoms with van der Waals surface area (Å²) >= 11 is 0. The molecule has 0 unspecified atom stereocenters. The highest BCUT2D eigenvalue weighted by atomic mass is 19.1. The van der Waals surface area contributed by atoms with E-state index < -0.39 is 5.95 Å². The average molecular weight is 220 g/mol. The first kappa shape index (κ1) is 10.3. The second-order valence-corrected chi connectivity index (χ2v) is 3.13. The van der Waals surface area contributed by atoms with E-state index in [-0.39, 0.29) is 11.5 Å². The normalized spacial score (nSPS) is 10.1. The maximum atomic E-state index is 12.7. The van der Waals surface area contributed by atoms with Crippen molar-refractivity contribution in [3.8, 4) is 0 Å². The molecule has 0 aromatic carbocycles. The van der Waals surface area contributed by atoms with Gasteiger partial charge in [0.25, 0.3) is 5.91 Å². The average Bonchev–Trinajstić information content (AvgIpc) is 2.78. The highest BCUT2D eigenvalue weighted by molar-refractivity contribution is 5.93. The van der Waals surface area contributed by atoms with Crippen LogP contribution in [-0.4, -0.2) is 20.9 Å². The minimum absolute atomic E-state index is 0.243. The Morgan fingerprint density at radius 2 is 2.44 bits per heavy atom. The van der Waals surface area contributed by atoms with Crippen LogP contribution in [0.4, 0.5) is 4.39 Å². The van der Waals surface area contributed by atoms with Crippen LogP contribution in [0.2, 0.25) is 0 Å². The Morgan fingerprint density at radius 1 is 1.56 bits per heavy atom. The fourth-order valence-corrected chi connectivity index (χ4v) is 1.20.